The van der Waals surface area contributed by atoms with E-state index in [0.29, 0.717) is 16.1 Å². The third-order valence-corrected chi connectivity index (χ3v) is 2.06. The van der Waals surface area contributed by atoms with E-state index in [1.165, 1.54) is 0 Å². The number of rotatable bonds is 1. The fourth-order valence-electron chi connectivity index (χ4n) is 1.11. The van der Waals surface area contributed by atoms with Crippen molar-refractivity contribution in [2.24, 2.45) is 0 Å². The third-order valence-electron chi connectivity index (χ3n) is 1.67. The molecule has 14 heavy (non-hydrogen) atoms. The normalized spacial score (nSPS) is 10.4. The second-order valence-corrected chi connectivity index (χ2v) is 3.48. The Morgan fingerprint density at radius 3 is 2.29 bits per heavy atom. The molecule has 0 fully saturated rings. The van der Waals surface area contributed by atoms with Gasteiger partial charge in [-0.25, -0.2) is 4.98 Å². The van der Waals surface area contributed by atoms with Gasteiger partial charge < -0.3 is 5.73 Å². The number of hydrogen-bond acceptors (Lipinski definition) is 3. The van der Waals surface area contributed by atoms with Gasteiger partial charge in [-0.3, -0.25) is 5.10 Å². The number of halogens is 2. The van der Waals surface area contributed by atoms with Crippen molar-refractivity contribution in [3.8, 4) is 11.3 Å². The van der Waals surface area contributed by atoms with Crippen LogP contribution in [0.25, 0.3) is 11.3 Å². The molecular formula is C8H6Cl2N4. The van der Waals surface area contributed by atoms with Gasteiger partial charge in [0.15, 0.2) is 0 Å². The molecule has 0 aliphatic heterocycles. The van der Waals surface area contributed by atoms with Crippen molar-refractivity contribution in [2.75, 3.05) is 5.73 Å². The largest absolute Gasteiger partial charge is 0.382 e. The summed E-state index contributed by atoms with van der Waals surface area (Å²) in [4.78, 5) is 3.83. The Morgan fingerprint density at radius 1 is 1.14 bits per heavy atom. The van der Waals surface area contributed by atoms with Crippen LogP contribution in [0.5, 0.6) is 0 Å². The summed E-state index contributed by atoms with van der Waals surface area (Å²) in [6.45, 7) is 0. The number of aromatic amines is 1. The molecular weight excluding hydrogens is 223 g/mol. The lowest BCUT2D eigenvalue weighted by atomic mass is 10.2. The lowest BCUT2D eigenvalue weighted by Gasteiger charge is -1.98. The molecule has 0 spiro atoms. The summed E-state index contributed by atoms with van der Waals surface area (Å²) >= 11 is 11.5. The van der Waals surface area contributed by atoms with Crippen molar-refractivity contribution in [1.82, 2.24) is 15.2 Å². The molecule has 3 N–H and O–H groups in total. The monoisotopic (exact) mass is 228 g/mol. The van der Waals surface area contributed by atoms with E-state index in [2.05, 4.69) is 15.2 Å². The molecule has 0 aliphatic carbocycles. The molecule has 72 valence electrons. The van der Waals surface area contributed by atoms with Gasteiger partial charge in [-0.2, -0.15) is 5.10 Å². The standard InChI is InChI=1S/C8H6Cl2N4/c9-6-1-4(2-7(10)12-6)5-3-8(11)14-13-5/h1-3H,(H3,11,13,14). The topological polar surface area (TPSA) is 67.6 Å². The van der Waals surface area contributed by atoms with Gasteiger partial charge >= 0.3 is 0 Å². The molecule has 0 amide bonds. The maximum atomic E-state index is 5.75. The summed E-state index contributed by atoms with van der Waals surface area (Å²) in [5, 5.41) is 7.22. The van der Waals surface area contributed by atoms with Gasteiger partial charge in [-0.05, 0) is 12.1 Å². The Labute approximate surface area is 90.1 Å². The summed E-state index contributed by atoms with van der Waals surface area (Å²) < 4.78 is 0. The van der Waals surface area contributed by atoms with E-state index in [9.17, 15) is 0 Å². The number of pyridine rings is 1. The maximum absolute atomic E-state index is 5.75. The minimum Gasteiger partial charge on any atom is -0.382 e. The number of anilines is 1. The van der Waals surface area contributed by atoms with Crippen molar-refractivity contribution in [3.63, 3.8) is 0 Å². The smallest absolute Gasteiger partial charge is 0.145 e. The molecule has 0 aromatic carbocycles. The molecule has 0 atom stereocenters. The highest BCUT2D eigenvalue weighted by molar-refractivity contribution is 6.32. The molecule has 0 radical (unpaired) electrons. The van der Waals surface area contributed by atoms with Crippen LogP contribution in [0, 0.1) is 0 Å². The van der Waals surface area contributed by atoms with Gasteiger partial charge in [0.2, 0.25) is 0 Å². The number of H-pyrrole nitrogens is 1. The van der Waals surface area contributed by atoms with Crippen LogP contribution in [0.4, 0.5) is 5.82 Å². The minimum absolute atomic E-state index is 0.334. The predicted molar refractivity (Wildman–Crippen MR) is 56.3 cm³/mol. The van der Waals surface area contributed by atoms with Crippen molar-refractivity contribution < 1.29 is 0 Å². The first-order valence-electron chi connectivity index (χ1n) is 3.79. The fourth-order valence-corrected chi connectivity index (χ4v) is 1.57. The number of nitrogens with two attached hydrogens (primary N) is 1. The Kier molecular flexibility index (Phi) is 2.31. The van der Waals surface area contributed by atoms with E-state index in [0.717, 1.165) is 11.3 Å². The highest BCUT2D eigenvalue weighted by Gasteiger charge is 2.04. The molecule has 4 nitrogen and oxygen atoms in total. The van der Waals surface area contributed by atoms with E-state index in [1.807, 2.05) is 0 Å². The second kappa shape index (κ2) is 3.48. The highest BCUT2D eigenvalue weighted by Crippen LogP contribution is 2.23. The third kappa shape index (κ3) is 1.81. The molecule has 2 aromatic heterocycles. The predicted octanol–water partition coefficient (Wildman–Crippen LogP) is 2.36. The van der Waals surface area contributed by atoms with Gasteiger partial charge in [-0.1, -0.05) is 23.2 Å². The second-order valence-electron chi connectivity index (χ2n) is 2.71. The van der Waals surface area contributed by atoms with E-state index >= 15 is 0 Å². The zero-order valence-electron chi connectivity index (χ0n) is 6.96. The van der Waals surface area contributed by atoms with Crippen LogP contribution in [-0.4, -0.2) is 15.2 Å². The van der Waals surface area contributed by atoms with Crippen LogP contribution in [-0.2, 0) is 0 Å². The molecule has 0 saturated carbocycles. The number of nitrogens with zero attached hydrogens (tertiary/aromatic N) is 2. The van der Waals surface area contributed by atoms with E-state index in [1.54, 1.807) is 18.2 Å². The van der Waals surface area contributed by atoms with Gasteiger partial charge in [0.1, 0.15) is 16.1 Å². The quantitative estimate of drug-likeness (QED) is 0.737. The zero-order chi connectivity index (χ0) is 10.1. The Bertz CT molecular complexity index is 446. The lowest BCUT2D eigenvalue weighted by Crippen LogP contribution is -1.82. The van der Waals surface area contributed by atoms with E-state index in [-0.39, 0.29) is 0 Å². The molecule has 0 unspecified atom stereocenters. The summed E-state index contributed by atoms with van der Waals surface area (Å²) in [6, 6.07) is 5.06. The van der Waals surface area contributed by atoms with Crippen molar-refractivity contribution in [1.29, 1.82) is 0 Å². The first-order valence-corrected chi connectivity index (χ1v) is 4.55. The Balaban J connectivity index is 2.51. The minimum atomic E-state index is 0.334. The van der Waals surface area contributed by atoms with Crippen molar-refractivity contribution in [3.05, 3.63) is 28.5 Å². The highest BCUT2D eigenvalue weighted by atomic mass is 35.5. The first-order chi connectivity index (χ1) is 6.65. The molecule has 0 saturated heterocycles. The molecule has 2 rings (SSSR count). The average Bonchev–Trinajstić information content (AvgIpc) is 2.50. The molecule has 6 heteroatoms. The van der Waals surface area contributed by atoms with Crippen molar-refractivity contribution in [2.45, 2.75) is 0 Å². The van der Waals surface area contributed by atoms with E-state index < -0.39 is 0 Å². The summed E-state index contributed by atoms with van der Waals surface area (Å²) in [5.74, 6) is 0.420. The lowest BCUT2D eigenvalue weighted by molar-refractivity contribution is 1.10. The number of aromatic nitrogens is 3. The molecule has 0 bridgehead atoms. The van der Waals surface area contributed by atoms with Gasteiger partial charge in [0, 0.05) is 11.6 Å². The van der Waals surface area contributed by atoms with E-state index in [4.69, 9.17) is 28.9 Å². The summed E-state index contributed by atoms with van der Waals surface area (Å²) in [5.41, 5.74) is 7.03. The molecule has 0 aliphatic rings. The number of nitrogen functional groups attached to an aromatic ring is 1. The van der Waals surface area contributed by atoms with Crippen LogP contribution < -0.4 is 5.73 Å². The molecule has 2 heterocycles. The number of nitrogens with one attached hydrogen (secondary N) is 1. The first kappa shape index (κ1) is 9.30. The SMILES string of the molecule is Nc1cc(-c2cc(Cl)nc(Cl)c2)[nH]n1. The zero-order valence-corrected chi connectivity index (χ0v) is 8.47. The summed E-state index contributed by atoms with van der Waals surface area (Å²) in [7, 11) is 0. The molecule has 2 aromatic rings. The van der Waals surface area contributed by atoms with Crippen LogP contribution in [0.3, 0.4) is 0 Å². The van der Waals surface area contributed by atoms with Gasteiger partial charge in [0.05, 0.1) is 5.69 Å². The van der Waals surface area contributed by atoms with Gasteiger partial charge in [0.25, 0.3) is 0 Å². The average molecular weight is 229 g/mol. The van der Waals surface area contributed by atoms with Crippen molar-refractivity contribution >= 4 is 29.0 Å². The summed E-state index contributed by atoms with van der Waals surface area (Å²) in [6.07, 6.45) is 0. The van der Waals surface area contributed by atoms with Gasteiger partial charge in [-0.15, -0.1) is 0 Å². The Morgan fingerprint density at radius 2 is 1.79 bits per heavy atom. The van der Waals surface area contributed by atoms with Crippen LogP contribution in [0.1, 0.15) is 0 Å². The van der Waals surface area contributed by atoms with Crippen LogP contribution in [0.2, 0.25) is 10.3 Å². The van der Waals surface area contributed by atoms with Crippen LogP contribution in [0.15, 0.2) is 18.2 Å². The fraction of sp³-hybridized carbons (Fsp3) is 0. The Hall–Kier alpha value is -1.26. The van der Waals surface area contributed by atoms with Crippen LogP contribution >= 0.6 is 23.2 Å². The number of hydrogen-bond donors (Lipinski definition) is 2. The maximum Gasteiger partial charge on any atom is 0.145 e.